The maximum Gasteiger partial charge on any atom is 0.490 e. The number of halogens is 3. The van der Waals surface area contributed by atoms with Crippen molar-refractivity contribution in [3.8, 4) is 5.88 Å². The quantitative estimate of drug-likeness (QED) is 0.717. The van der Waals surface area contributed by atoms with Crippen molar-refractivity contribution in [2.45, 2.75) is 44.4 Å². The van der Waals surface area contributed by atoms with Gasteiger partial charge in [0.15, 0.2) is 0 Å². The Labute approximate surface area is 190 Å². The predicted octanol–water partition coefficient (Wildman–Crippen LogP) is 2.92. The fraction of sp³-hybridized carbons (Fsp3) is 0.682. The summed E-state index contributed by atoms with van der Waals surface area (Å²) in [5.41, 5.74) is -0.130. The standard InChI is InChI=1S/C20H28N2O4.C2HF3O2/c23-19(16-6-12-24-13-7-16)22-10-5-17-20(14-22,8-3-11-25-17)15-26-18-4-1-2-9-21-18;3-2(4,5)1(6)7/h1-2,4,9,16-17H,3,5-8,10-15H2;(H,6,7). The van der Waals surface area contributed by atoms with Crippen molar-refractivity contribution in [3.05, 3.63) is 24.4 Å². The molecule has 184 valence electrons. The minimum atomic E-state index is -5.08. The fourth-order valence-electron chi connectivity index (χ4n) is 4.54. The van der Waals surface area contributed by atoms with Gasteiger partial charge in [-0.2, -0.15) is 13.2 Å². The highest BCUT2D eigenvalue weighted by Crippen LogP contribution is 2.41. The van der Waals surface area contributed by atoms with Gasteiger partial charge in [0.2, 0.25) is 11.8 Å². The zero-order valence-electron chi connectivity index (χ0n) is 18.3. The molecule has 3 saturated heterocycles. The Morgan fingerprint density at radius 1 is 1.21 bits per heavy atom. The molecule has 1 amide bonds. The van der Waals surface area contributed by atoms with Crippen LogP contribution in [-0.4, -0.2) is 78.7 Å². The molecule has 33 heavy (non-hydrogen) atoms. The molecule has 11 heteroatoms. The van der Waals surface area contributed by atoms with E-state index in [9.17, 15) is 18.0 Å². The van der Waals surface area contributed by atoms with E-state index in [4.69, 9.17) is 24.1 Å². The molecule has 0 radical (unpaired) electrons. The highest BCUT2D eigenvalue weighted by Gasteiger charge is 2.48. The minimum Gasteiger partial charge on any atom is -0.477 e. The third kappa shape index (κ3) is 6.80. The lowest BCUT2D eigenvalue weighted by atomic mass is 9.72. The molecule has 1 aromatic rings. The van der Waals surface area contributed by atoms with Gasteiger partial charge in [0.1, 0.15) is 0 Å². The van der Waals surface area contributed by atoms with Crippen LogP contribution in [0, 0.1) is 11.3 Å². The van der Waals surface area contributed by atoms with Gasteiger partial charge >= 0.3 is 12.1 Å². The van der Waals surface area contributed by atoms with Crippen LogP contribution in [0.5, 0.6) is 5.88 Å². The van der Waals surface area contributed by atoms with Gasteiger partial charge in [-0.3, -0.25) is 4.79 Å². The SMILES string of the molecule is O=C(C1CCOCC1)N1CCC2OCCCC2(COc2ccccn2)C1.O=C(O)C(F)(F)F. The van der Waals surface area contributed by atoms with Gasteiger partial charge in [0.05, 0.1) is 12.7 Å². The van der Waals surface area contributed by atoms with E-state index in [0.717, 1.165) is 51.8 Å². The van der Waals surface area contributed by atoms with E-state index in [1.54, 1.807) is 6.20 Å². The molecule has 0 aromatic carbocycles. The summed E-state index contributed by atoms with van der Waals surface area (Å²) < 4.78 is 49.3. The lowest BCUT2D eigenvalue weighted by molar-refractivity contribution is -0.192. The van der Waals surface area contributed by atoms with Crippen LogP contribution in [0.15, 0.2) is 24.4 Å². The van der Waals surface area contributed by atoms with Crippen molar-refractivity contribution in [3.63, 3.8) is 0 Å². The molecule has 4 heterocycles. The first kappa shape index (κ1) is 25.2. The number of alkyl halides is 3. The van der Waals surface area contributed by atoms with E-state index in [1.807, 2.05) is 18.2 Å². The van der Waals surface area contributed by atoms with Crippen LogP contribution in [0.4, 0.5) is 13.2 Å². The number of aromatic nitrogens is 1. The summed E-state index contributed by atoms with van der Waals surface area (Å²) in [5.74, 6) is -1.72. The molecule has 3 fully saturated rings. The summed E-state index contributed by atoms with van der Waals surface area (Å²) in [4.78, 5) is 28.2. The molecule has 2 atom stereocenters. The smallest absolute Gasteiger partial charge is 0.477 e. The van der Waals surface area contributed by atoms with E-state index in [1.165, 1.54) is 0 Å². The molecule has 8 nitrogen and oxygen atoms in total. The van der Waals surface area contributed by atoms with Crippen LogP contribution in [-0.2, 0) is 19.1 Å². The number of rotatable bonds is 4. The molecular weight excluding hydrogens is 445 g/mol. The molecule has 0 spiro atoms. The van der Waals surface area contributed by atoms with E-state index < -0.39 is 12.1 Å². The zero-order chi connectivity index (χ0) is 23.9. The molecule has 4 rings (SSSR count). The van der Waals surface area contributed by atoms with Crippen molar-refractivity contribution < 1.29 is 42.1 Å². The van der Waals surface area contributed by atoms with Crippen molar-refractivity contribution in [1.82, 2.24) is 9.88 Å². The maximum atomic E-state index is 13.0. The summed E-state index contributed by atoms with van der Waals surface area (Å²) in [7, 11) is 0. The highest BCUT2D eigenvalue weighted by molar-refractivity contribution is 5.79. The first-order chi connectivity index (χ1) is 15.7. The number of aliphatic carboxylic acids is 1. The first-order valence-corrected chi connectivity index (χ1v) is 11.0. The van der Waals surface area contributed by atoms with E-state index >= 15 is 0 Å². The summed E-state index contributed by atoms with van der Waals surface area (Å²) in [6, 6.07) is 5.69. The van der Waals surface area contributed by atoms with Crippen molar-refractivity contribution in [2.75, 3.05) is 39.5 Å². The number of carboxylic acid groups (broad SMARTS) is 1. The number of carbonyl (C=O) groups excluding carboxylic acids is 1. The van der Waals surface area contributed by atoms with E-state index in [0.29, 0.717) is 25.7 Å². The molecule has 0 bridgehead atoms. The van der Waals surface area contributed by atoms with Crippen LogP contribution >= 0.6 is 0 Å². The molecule has 0 aliphatic carbocycles. The Balaban J connectivity index is 0.000000383. The molecule has 0 saturated carbocycles. The number of pyridine rings is 1. The number of likely N-dealkylation sites (tertiary alicyclic amines) is 1. The average Bonchev–Trinajstić information content (AvgIpc) is 2.83. The summed E-state index contributed by atoms with van der Waals surface area (Å²) >= 11 is 0. The number of piperidine rings is 1. The Bertz CT molecular complexity index is 788. The van der Waals surface area contributed by atoms with Gasteiger partial charge in [0.25, 0.3) is 0 Å². The monoisotopic (exact) mass is 474 g/mol. The highest BCUT2D eigenvalue weighted by atomic mass is 19.4. The van der Waals surface area contributed by atoms with Gasteiger partial charge in [-0.15, -0.1) is 0 Å². The molecule has 3 aliphatic heterocycles. The number of amides is 1. The predicted molar refractivity (Wildman–Crippen MR) is 110 cm³/mol. The van der Waals surface area contributed by atoms with E-state index in [2.05, 4.69) is 9.88 Å². The van der Waals surface area contributed by atoms with Gasteiger partial charge in [-0.25, -0.2) is 9.78 Å². The molecule has 1 N–H and O–H groups in total. The van der Waals surface area contributed by atoms with Gasteiger partial charge in [-0.1, -0.05) is 6.07 Å². The number of nitrogens with zero attached hydrogens (tertiary/aromatic N) is 2. The molecular formula is C22H29F3N2O6. The second-order valence-corrected chi connectivity index (χ2v) is 8.52. The largest absolute Gasteiger partial charge is 0.490 e. The van der Waals surface area contributed by atoms with Gasteiger partial charge < -0.3 is 24.2 Å². The number of carboxylic acids is 1. The number of hydrogen-bond donors (Lipinski definition) is 1. The van der Waals surface area contributed by atoms with Gasteiger partial charge in [-0.05, 0) is 38.2 Å². The second-order valence-electron chi connectivity index (χ2n) is 8.52. The third-order valence-electron chi connectivity index (χ3n) is 6.26. The lowest BCUT2D eigenvalue weighted by Gasteiger charge is -2.50. The van der Waals surface area contributed by atoms with Crippen LogP contribution in [0.2, 0.25) is 0 Å². The Morgan fingerprint density at radius 3 is 2.58 bits per heavy atom. The zero-order valence-corrected chi connectivity index (χ0v) is 18.3. The number of ether oxygens (including phenoxy) is 3. The van der Waals surface area contributed by atoms with Crippen LogP contribution in [0.25, 0.3) is 0 Å². The average molecular weight is 474 g/mol. The number of hydrogen-bond acceptors (Lipinski definition) is 6. The fourth-order valence-corrected chi connectivity index (χ4v) is 4.54. The summed E-state index contributed by atoms with van der Waals surface area (Å²) in [6.07, 6.45) is 1.44. The van der Waals surface area contributed by atoms with E-state index in [-0.39, 0.29) is 23.3 Å². The summed E-state index contributed by atoms with van der Waals surface area (Å²) in [5, 5.41) is 7.12. The first-order valence-electron chi connectivity index (χ1n) is 11.0. The third-order valence-corrected chi connectivity index (χ3v) is 6.26. The van der Waals surface area contributed by atoms with Gasteiger partial charge in [0, 0.05) is 56.5 Å². The van der Waals surface area contributed by atoms with Crippen LogP contribution in [0.1, 0.15) is 32.1 Å². The number of fused-ring (bicyclic) bond motifs is 1. The second kappa shape index (κ2) is 11.1. The van der Waals surface area contributed by atoms with Crippen LogP contribution in [0.3, 0.4) is 0 Å². The minimum absolute atomic E-state index is 0.110. The normalized spacial score (nSPS) is 25.9. The Morgan fingerprint density at radius 2 is 1.94 bits per heavy atom. The topological polar surface area (TPSA) is 98.2 Å². The van der Waals surface area contributed by atoms with Crippen molar-refractivity contribution >= 4 is 11.9 Å². The molecule has 1 aromatic heterocycles. The van der Waals surface area contributed by atoms with Crippen molar-refractivity contribution in [1.29, 1.82) is 0 Å². The van der Waals surface area contributed by atoms with Crippen LogP contribution < -0.4 is 4.74 Å². The maximum absolute atomic E-state index is 13.0. The molecule has 2 unspecified atom stereocenters. The Hall–Kier alpha value is -2.40. The number of carbonyl (C=O) groups is 2. The summed E-state index contributed by atoms with van der Waals surface area (Å²) in [6.45, 7) is 4.26. The molecule has 3 aliphatic rings. The Kier molecular flexibility index (Phi) is 8.52. The lowest BCUT2D eigenvalue weighted by Crippen LogP contribution is -2.59. The van der Waals surface area contributed by atoms with Crippen molar-refractivity contribution in [2.24, 2.45) is 11.3 Å².